The monoisotopic (exact) mass is 404 g/mol. The zero-order chi connectivity index (χ0) is 20.3. The topological polar surface area (TPSA) is 79.7 Å². The third kappa shape index (κ3) is 4.07. The third-order valence-electron chi connectivity index (χ3n) is 6.53. The number of pyridine rings is 1. The van der Waals surface area contributed by atoms with Gasteiger partial charge >= 0.3 is 0 Å². The van der Waals surface area contributed by atoms with Crippen molar-refractivity contribution < 1.29 is 0 Å². The number of aryl methyl sites for hydroxylation is 1. The smallest absolute Gasteiger partial charge is 0.253 e. The maximum atomic E-state index is 12.6. The normalized spacial score (nSPS) is 17.7. The Labute approximate surface area is 176 Å². The molecule has 3 aromatic heterocycles. The predicted molar refractivity (Wildman–Crippen MR) is 115 cm³/mol. The van der Waals surface area contributed by atoms with Crippen molar-refractivity contribution in [2.45, 2.75) is 51.6 Å². The molecule has 5 rings (SSSR count). The number of aromatic amines is 1. The van der Waals surface area contributed by atoms with Crippen LogP contribution in [-0.4, -0.2) is 42.7 Å². The van der Waals surface area contributed by atoms with Crippen LogP contribution in [0.2, 0.25) is 0 Å². The molecule has 30 heavy (non-hydrogen) atoms. The summed E-state index contributed by atoms with van der Waals surface area (Å²) in [7, 11) is 0. The van der Waals surface area contributed by atoms with Gasteiger partial charge in [0, 0.05) is 42.8 Å². The fourth-order valence-electron chi connectivity index (χ4n) is 4.74. The number of piperidine rings is 1. The Balaban J connectivity index is 1.18. The number of hydrogen-bond acceptors (Lipinski definition) is 5. The highest BCUT2D eigenvalue weighted by atomic mass is 16.1. The molecule has 1 fully saturated rings. The SMILES string of the molecule is O=c1cc(-c2ccncc2)ncn1CC1CCN(Cc2n[nH]c3c2CCCC3)CC1. The molecule has 4 heterocycles. The van der Waals surface area contributed by atoms with Crippen molar-refractivity contribution in [1.82, 2.24) is 29.6 Å². The van der Waals surface area contributed by atoms with Crippen LogP contribution in [0, 0.1) is 5.92 Å². The Kier molecular flexibility index (Phi) is 5.45. The summed E-state index contributed by atoms with van der Waals surface area (Å²) in [5, 5.41) is 7.85. The molecule has 2 aliphatic rings. The van der Waals surface area contributed by atoms with Crippen LogP contribution in [0.25, 0.3) is 11.3 Å². The van der Waals surface area contributed by atoms with Crippen LogP contribution >= 0.6 is 0 Å². The van der Waals surface area contributed by atoms with Gasteiger partial charge in [0.05, 0.1) is 17.7 Å². The number of H-pyrrole nitrogens is 1. The quantitative estimate of drug-likeness (QED) is 0.707. The van der Waals surface area contributed by atoms with E-state index in [1.165, 1.54) is 36.2 Å². The van der Waals surface area contributed by atoms with E-state index in [1.54, 1.807) is 29.4 Å². The minimum atomic E-state index is 0.0161. The number of hydrogen-bond donors (Lipinski definition) is 1. The number of aromatic nitrogens is 5. The van der Waals surface area contributed by atoms with Gasteiger partial charge in [-0.15, -0.1) is 0 Å². The molecule has 0 spiro atoms. The Bertz CT molecular complexity index is 1050. The summed E-state index contributed by atoms with van der Waals surface area (Å²) >= 11 is 0. The summed E-state index contributed by atoms with van der Waals surface area (Å²) in [6.45, 7) is 3.81. The first-order chi connectivity index (χ1) is 14.8. The van der Waals surface area contributed by atoms with Crippen LogP contribution in [0.3, 0.4) is 0 Å². The average molecular weight is 405 g/mol. The van der Waals surface area contributed by atoms with E-state index >= 15 is 0 Å². The van der Waals surface area contributed by atoms with E-state index in [4.69, 9.17) is 0 Å². The summed E-state index contributed by atoms with van der Waals surface area (Å²) in [5.41, 5.74) is 5.71. The van der Waals surface area contributed by atoms with Crippen molar-refractivity contribution >= 4 is 0 Å². The van der Waals surface area contributed by atoms with E-state index in [9.17, 15) is 4.79 Å². The molecule has 0 saturated carbocycles. The average Bonchev–Trinajstić information content (AvgIpc) is 3.20. The van der Waals surface area contributed by atoms with E-state index < -0.39 is 0 Å². The summed E-state index contributed by atoms with van der Waals surface area (Å²) in [5.74, 6) is 0.514. The van der Waals surface area contributed by atoms with Crippen LogP contribution < -0.4 is 5.56 Å². The molecule has 1 N–H and O–H groups in total. The standard InChI is InChI=1S/C23H28N6O/c30-23-13-21(18-5-9-24-10-6-18)25-16-29(23)14-17-7-11-28(12-8-17)15-22-19-3-1-2-4-20(19)26-27-22/h5-6,9-10,13,16-17H,1-4,7-8,11-12,14-15H2,(H,26,27). The molecule has 1 aliphatic carbocycles. The van der Waals surface area contributed by atoms with Gasteiger partial charge in [-0.25, -0.2) is 4.98 Å². The van der Waals surface area contributed by atoms with Gasteiger partial charge in [-0.2, -0.15) is 5.10 Å². The minimum Gasteiger partial charge on any atom is -0.299 e. The summed E-state index contributed by atoms with van der Waals surface area (Å²) in [6.07, 6.45) is 12.2. The lowest BCUT2D eigenvalue weighted by Crippen LogP contribution is -2.36. The molecule has 1 saturated heterocycles. The highest BCUT2D eigenvalue weighted by Gasteiger charge is 2.23. The molecule has 0 atom stereocenters. The van der Waals surface area contributed by atoms with Crippen LogP contribution in [0.4, 0.5) is 0 Å². The van der Waals surface area contributed by atoms with E-state index in [0.29, 0.717) is 11.6 Å². The van der Waals surface area contributed by atoms with Gasteiger partial charge in [0.15, 0.2) is 0 Å². The Morgan fingerprint density at radius 3 is 2.70 bits per heavy atom. The van der Waals surface area contributed by atoms with Crippen LogP contribution in [0.15, 0.2) is 41.7 Å². The lowest BCUT2D eigenvalue weighted by Gasteiger charge is -2.32. The zero-order valence-electron chi connectivity index (χ0n) is 17.3. The maximum Gasteiger partial charge on any atom is 0.253 e. The van der Waals surface area contributed by atoms with Gasteiger partial charge in [0.2, 0.25) is 0 Å². The van der Waals surface area contributed by atoms with E-state index in [1.807, 2.05) is 12.1 Å². The van der Waals surface area contributed by atoms with Gasteiger partial charge in [-0.05, 0) is 75.2 Å². The lowest BCUT2D eigenvalue weighted by molar-refractivity contribution is 0.164. The minimum absolute atomic E-state index is 0.0161. The van der Waals surface area contributed by atoms with E-state index in [-0.39, 0.29) is 5.56 Å². The molecule has 7 heteroatoms. The zero-order valence-corrected chi connectivity index (χ0v) is 17.3. The second-order valence-electron chi connectivity index (χ2n) is 8.55. The highest BCUT2D eigenvalue weighted by Crippen LogP contribution is 2.25. The van der Waals surface area contributed by atoms with Crippen molar-refractivity contribution in [3.63, 3.8) is 0 Å². The molecule has 1 aliphatic heterocycles. The molecule has 156 valence electrons. The highest BCUT2D eigenvalue weighted by molar-refractivity contribution is 5.57. The molecular weight excluding hydrogens is 376 g/mol. The van der Waals surface area contributed by atoms with Gasteiger partial charge in [-0.3, -0.25) is 24.3 Å². The first-order valence-electron chi connectivity index (χ1n) is 11.0. The van der Waals surface area contributed by atoms with Crippen LogP contribution in [-0.2, 0) is 25.9 Å². The fourth-order valence-corrected chi connectivity index (χ4v) is 4.74. The number of nitrogens with one attached hydrogen (secondary N) is 1. The summed E-state index contributed by atoms with van der Waals surface area (Å²) in [4.78, 5) is 23.6. The largest absolute Gasteiger partial charge is 0.299 e. The van der Waals surface area contributed by atoms with Gasteiger partial charge in [0.1, 0.15) is 0 Å². The molecule has 0 bridgehead atoms. The molecular formula is C23H28N6O. The molecule has 3 aromatic rings. The number of likely N-dealkylation sites (tertiary alicyclic amines) is 1. The van der Waals surface area contributed by atoms with Crippen LogP contribution in [0.1, 0.15) is 42.6 Å². The van der Waals surface area contributed by atoms with Gasteiger partial charge < -0.3 is 0 Å². The predicted octanol–water partition coefficient (Wildman–Crippen LogP) is 2.82. The molecule has 0 amide bonds. The van der Waals surface area contributed by atoms with Gasteiger partial charge in [-0.1, -0.05) is 0 Å². The molecule has 0 unspecified atom stereocenters. The Hall–Kier alpha value is -2.80. The number of nitrogens with zero attached hydrogens (tertiary/aromatic N) is 5. The van der Waals surface area contributed by atoms with E-state index in [0.717, 1.165) is 51.0 Å². The first-order valence-corrected chi connectivity index (χ1v) is 11.0. The van der Waals surface area contributed by atoms with Gasteiger partial charge in [0.25, 0.3) is 5.56 Å². The van der Waals surface area contributed by atoms with Crippen molar-refractivity contribution in [3.8, 4) is 11.3 Å². The molecule has 0 radical (unpaired) electrons. The maximum absolute atomic E-state index is 12.6. The third-order valence-corrected chi connectivity index (χ3v) is 6.53. The second-order valence-corrected chi connectivity index (χ2v) is 8.55. The fraction of sp³-hybridized carbons (Fsp3) is 0.478. The molecule has 7 nitrogen and oxygen atoms in total. The van der Waals surface area contributed by atoms with E-state index in [2.05, 4.69) is 25.1 Å². The number of rotatable bonds is 5. The van der Waals surface area contributed by atoms with Crippen molar-refractivity contribution in [1.29, 1.82) is 0 Å². The summed E-state index contributed by atoms with van der Waals surface area (Å²) < 4.78 is 1.76. The lowest BCUT2D eigenvalue weighted by atomic mass is 9.94. The number of fused-ring (bicyclic) bond motifs is 1. The first kappa shape index (κ1) is 19.2. The Morgan fingerprint density at radius 2 is 1.90 bits per heavy atom. The Morgan fingerprint density at radius 1 is 1.10 bits per heavy atom. The van der Waals surface area contributed by atoms with Crippen LogP contribution in [0.5, 0.6) is 0 Å². The second kappa shape index (κ2) is 8.52. The van der Waals surface area contributed by atoms with Crippen molar-refractivity contribution in [2.75, 3.05) is 13.1 Å². The summed E-state index contributed by atoms with van der Waals surface area (Å²) in [6, 6.07) is 5.38. The van der Waals surface area contributed by atoms with Crippen molar-refractivity contribution in [3.05, 3.63) is 64.2 Å². The molecule has 0 aromatic carbocycles. The van der Waals surface area contributed by atoms with Crippen molar-refractivity contribution in [2.24, 2.45) is 5.92 Å².